The monoisotopic (exact) mass is 325 g/mol. The minimum absolute atomic E-state index is 0.394. The quantitative estimate of drug-likeness (QED) is 0.878. The second-order valence-corrected chi connectivity index (χ2v) is 6.37. The third-order valence-electron chi connectivity index (χ3n) is 4.17. The molecule has 2 rings (SSSR count). The number of aliphatic hydroxyl groups is 1. The van der Waals surface area contributed by atoms with E-state index in [0.717, 1.165) is 12.8 Å². The Hall–Kier alpha value is -0.920. The first kappa shape index (κ1) is 14.5. The maximum absolute atomic E-state index is 13.4. The minimum Gasteiger partial charge on any atom is -0.387 e. The van der Waals surface area contributed by atoms with Crippen LogP contribution < -0.4 is 0 Å². The number of aliphatic hydroxyl groups excluding tert-OH is 1. The highest BCUT2D eigenvalue weighted by molar-refractivity contribution is 9.10. The van der Waals surface area contributed by atoms with Crippen molar-refractivity contribution in [2.24, 2.45) is 11.3 Å². The zero-order chi connectivity index (χ0) is 14.0. The summed E-state index contributed by atoms with van der Waals surface area (Å²) in [7, 11) is 0. The Morgan fingerprint density at radius 1 is 1.47 bits per heavy atom. The number of rotatable bonds is 2. The topological polar surface area (TPSA) is 44.0 Å². The summed E-state index contributed by atoms with van der Waals surface area (Å²) < 4.78 is 14.0. The van der Waals surface area contributed by atoms with Crippen LogP contribution in [0.25, 0.3) is 0 Å². The van der Waals surface area contributed by atoms with E-state index in [-0.39, 0.29) is 0 Å². The summed E-state index contributed by atoms with van der Waals surface area (Å²) in [5, 5.41) is 20.1. The van der Waals surface area contributed by atoms with E-state index in [1.807, 2.05) is 0 Å². The molecule has 0 aliphatic heterocycles. The van der Waals surface area contributed by atoms with Gasteiger partial charge in [0.1, 0.15) is 5.82 Å². The fourth-order valence-electron chi connectivity index (χ4n) is 2.75. The van der Waals surface area contributed by atoms with E-state index >= 15 is 0 Å². The fourth-order valence-corrected chi connectivity index (χ4v) is 3.21. The van der Waals surface area contributed by atoms with Crippen LogP contribution in [0.15, 0.2) is 22.7 Å². The number of hydrogen-bond acceptors (Lipinski definition) is 2. The van der Waals surface area contributed by atoms with Crippen LogP contribution in [0.2, 0.25) is 0 Å². The number of nitrogens with zero attached hydrogens (tertiary/aromatic N) is 1. The summed E-state index contributed by atoms with van der Waals surface area (Å²) in [4.78, 5) is 0. The lowest BCUT2D eigenvalue weighted by atomic mass is 9.67. The van der Waals surface area contributed by atoms with Crippen molar-refractivity contribution in [3.05, 3.63) is 34.1 Å². The zero-order valence-corrected chi connectivity index (χ0v) is 12.5. The van der Waals surface area contributed by atoms with Gasteiger partial charge in [-0.15, -0.1) is 0 Å². The van der Waals surface area contributed by atoms with Crippen LogP contribution in [-0.4, -0.2) is 5.11 Å². The highest BCUT2D eigenvalue weighted by Gasteiger charge is 2.42. The number of hydrogen-bond donors (Lipinski definition) is 1. The molecule has 0 spiro atoms. The summed E-state index contributed by atoms with van der Waals surface area (Å²) in [5.74, 6) is 0.194. The van der Waals surface area contributed by atoms with Crippen molar-refractivity contribution < 1.29 is 9.50 Å². The molecule has 0 aromatic heterocycles. The van der Waals surface area contributed by atoms with Gasteiger partial charge in [-0.1, -0.05) is 22.9 Å². The van der Waals surface area contributed by atoms with Crippen LogP contribution in [0.3, 0.4) is 0 Å². The largest absolute Gasteiger partial charge is 0.387 e. The molecule has 0 saturated heterocycles. The lowest BCUT2D eigenvalue weighted by Crippen LogP contribution is -2.32. The first-order chi connectivity index (χ1) is 8.98. The fraction of sp³-hybridized carbons (Fsp3) is 0.533. The third kappa shape index (κ3) is 2.82. The van der Waals surface area contributed by atoms with Crippen LogP contribution in [0, 0.1) is 28.5 Å². The van der Waals surface area contributed by atoms with Crippen molar-refractivity contribution in [2.45, 2.75) is 38.7 Å². The van der Waals surface area contributed by atoms with Crippen molar-refractivity contribution in [3.8, 4) is 6.07 Å². The molecule has 4 heteroatoms. The molecule has 1 fully saturated rings. The zero-order valence-electron chi connectivity index (χ0n) is 10.9. The Morgan fingerprint density at radius 3 is 2.68 bits per heavy atom. The summed E-state index contributed by atoms with van der Waals surface area (Å²) >= 11 is 3.33. The molecule has 1 aliphatic rings. The van der Waals surface area contributed by atoms with Gasteiger partial charge >= 0.3 is 0 Å². The molecule has 0 bridgehead atoms. The Labute approximate surface area is 121 Å². The third-order valence-corrected chi connectivity index (χ3v) is 4.89. The Bertz CT molecular complexity index is 503. The van der Waals surface area contributed by atoms with E-state index in [0.29, 0.717) is 28.8 Å². The maximum Gasteiger partial charge on any atom is 0.123 e. The van der Waals surface area contributed by atoms with Gasteiger partial charge in [0.05, 0.1) is 17.6 Å². The van der Waals surface area contributed by atoms with E-state index in [1.54, 1.807) is 6.07 Å². The molecule has 1 saturated carbocycles. The van der Waals surface area contributed by atoms with E-state index in [4.69, 9.17) is 0 Å². The summed E-state index contributed by atoms with van der Waals surface area (Å²) in [5.41, 5.74) is -0.320. The standard InChI is InChI=1S/C15H17BrFNO/c1-10-4-6-15(9-18,7-5-10)14(19)12-8-11(17)2-3-13(12)16/h2-3,8,10,14,19H,4-7H2,1H3. The van der Waals surface area contributed by atoms with Gasteiger partial charge in [-0.2, -0.15) is 5.26 Å². The molecular formula is C15H17BrFNO. The van der Waals surface area contributed by atoms with Crippen LogP contribution in [0.1, 0.15) is 44.3 Å². The predicted molar refractivity (Wildman–Crippen MR) is 74.7 cm³/mol. The van der Waals surface area contributed by atoms with Crippen LogP contribution in [0.4, 0.5) is 4.39 Å². The van der Waals surface area contributed by atoms with Crippen LogP contribution in [0.5, 0.6) is 0 Å². The number of halogens is 2. The molecular weight excluding hydrogens is 309 g/mol. The van der Waals surface area contributed by atoms with E-state index in [9.17, 15) is 14.8 Å². The molecule has 1 aromatic rings. The summed E-state index contributed by atoms with van der Waals surface area (Å²) in [6.07, 6.45) is 2.23. The average Bonchev–Trinajstić information content (AvgIpc) is 2.42. The normalized spacial score (nSPS) is 28.7. The van der Waals surface area contributed by atoms with Crippen LogP contribution >= 0.6 is 15.9 Å². The van der Waals surface area contributed by atoms with E-state index in [1.165, 1.54) is 12.1 Å². The smallest absolute Gasteiger partial charge is 0.123 e. The highest BCUT2D eigenvalue weighted by atomic mass is 79.9. The lowest BCUT2D eigenvalue weighted by Gasteiger charge is -2.37. The SMILES string of the molecule is CC1CCC(C#N)(C(O)c2cc(F)ccc2Br)CC1. The van der Waals surface area contributed by atoms with Gasteiger partial charge in [0.2, 0.25) is 0 Å². The van der Waals surface area contributed by atoms with Gasteiger partial charge in [-0.3, -0.25) is 0 Å². The van der Waals surface area contributed by atoms with Gasteiger partial charge in [0, 0.05) is 4.47 Å². The van der Waals surface area contributed by atoms with E-state index < -0.39 is 17.3 Å². The van der Waals surface area contributed by atoms with Gasteiger partial charge in [0.15, 0.2) is 0 Å². The van der Waals surface area contributed by atoms with Crippen molar-refractivity contribution in [2.75, 3.05) is 0 Å². The van der Waals surface area contributed by atoms with Gasteiger partial charge in [-0.25, -0.2) is 4.39 Å². The van der Waals surface area contributed by atoms with Gasteiger partial charge in [0.25, 0.3) is 0 Å². The van der Waals surface area contributed by atoms with Crippen molar-refractivity contribution in [1.82, 2.24) is 0 Å². The Balaban J connectivity index is 2.33. The van der Waals surface area contributed by atoms with E-state index in [2.05, 4.69) is 28.9 Å². The minimum atomic E-state index is -0.949. The van der Waals surface area contributed by atoms with Crippen molar-refractivity contribution >= 4 is 15.9 Å². The highest BCUT2D eigenvalue weighted by Crippen LogP contribution is 2.48. The maximum atomic E-state index is 13.4. The molecule has 2 nitrogen and oxygen atoms in total. The molecule has 0 amide bonds. The first-order valence-corrected chi connectivity index (χ1v) is 7.32. The predicted octanol–water partition coefficient (Wildman–Crippen LogP) is 4.34. The van der Waals surface area contributed by atoms with Crippen molar-refractivity contribution in [1.29, 1.82) is 5.26 Å². The second kappa shape index (κ2) is 5.60. The van der Waals surface area contributed by atoms with Gasteiger partial charge < -0.3 is 5.11 Å². The molecule has 1 unspecified atom stereocenters. The summed E-state index contributed by atoms with van der Waals surface area (Å²) in [6, 6.07) is 6.51. The summed E-state index contributed by atoms with van der Waals surface area (Å²) in [6.45, 7) is 2.16. The Kier molecular flexibility index (Phi) is 4.27. The van der Waals surface area contributed by atoms with Crippen LogP contribution in [-0.2, 0) is 0 Å². The Morgan fingerprint density at radius 2 is 2.11 bits per heavy atom. The molecule has 0 heterocycles. The molecule has 102 valence electrons. The molecule has 1 atom stereocenters. The molecule has 1 aromatic carbocycles. The number of nitriles is 1. The van der Waals surface area contributed by atoms with Crippen molar-refractivity contribution in [3.63, 3.8) is 0 Å². The number of benzene rings is 1. The molecule has 0 radical (unpaired) electrons. The first-order valence-electron chi connectivity index (χ1n) is 6.53. The average molecular weight is 326 g/mol. The van der Waals surface area contributed by atoms with Gasteiger partial charge in [-0.05, 0) is 55.4 Å². The molecule has 1 aliphatic carbocycles. The molecule has 19 heavy (non-hydrogen) atoms. The lowest BCUT2D eigenvalue weighted by molar-refractivity contribution is 0.0259. The second-order valence-electron chi connectivity index (χ2n) is 5.52. The molecule has 1 N–H and O–H groups in total.